The maximum absolute atomic E-state index is 13.0. The van der Waals surface area contributed by atoms with Crippen LogP contribution in [0.15, 0.2) is 96.0 Å². The van der Waals surface area contributed by atoms with Crippen molar-refractivity contribution in [1.82, 2.24) is 0 Å². The molecule has 0 aliphatic rings. The largest absolute Gasteiger partial charge is 0.273 e. The number of aliphatic imine (C=N–C) groups is 1. The van der Waals surface area contributed by atoms with Gasteiger partial charge in [-0.1, -0.05) is 91.0 Å². The average Bonchev–Trinajstić information content (AvgIpc) is 2.65. The minimum absolute atomic E-state index is 0.729. The van der Waals surface area contributed by atoms with E-state index in [1.54, 1.807) is 0 Å². The number of benzene rings is 3. The third kappa shape index (κ3) is 3.11. The monoisotopic (exact) mass is 321 g/mol. The van der Waals surface area contributed by atoms with Crippen LogP contribution in [0.4, 0.5) is 8.78 Å². The fourth-order valence-electron chi connectivity index (χ4n) is 2.93. The van der Waals surface area contributed by atoms with Crippen molar-refractivity contribution in [2.75, 3.05) is 0 Å². The summed E-state index contributed by atoms with van der Waals surface area (Å²) < 4.78 is 25.9. The lowest BCUT2D eigenvalue weighted by atomic mass is 9.77. The molecule has 3 heteroatoms. The summed E-state index contributed by atoms with van der Waals surface area (Å²) in [6, 6.07) is 28.6. The Morgan fingerprint density at radius 1 is 0.625 bits per heavy atom. The van der Waals surface area contributed by atoms with Crippen molar-refractivity contribution in [1.29, 1.82) is 0 Å². The fourth-order valence-corrected chi connectivity index (χ4v) is 2.93. The van der Waals surface area contributed by atoms with Gasteiger partial charge in [0.05, 0.1) is 6.21 Å². The first-order valence-corrected chi connectivity index (χ1v) is 7.73. The summed E-state index contributed by atoms with van der Waals surface area (Å²) >= 11 is 0. The van der Waals surface area contributed by atoms with Crippen molar-refractivity contribution in [3.05, 3.63) is 108 Å². The number of nitrogens with zero attached hydrogens (tertiary/aromatic N) is 1. The molecule has 0 N–H and O–H groups in total. The van der Waals surface area contributed by atoms with Gasteiger partial charge in [0.15, 0.2) is 0 Å². The Morgan fingerprint density at radius 3 is 1.25 bits per heavy atom. The Bertz CT molecular complexity index is 687. The van der Waals surface area contributed by atoms with Crippen LogP contribution in [0, 0.1) is 0 Å². The highest BCUT2D eigenvalue weighted by atomic mass is 19.3. The van der Waals surface area contributed by atoms with Gasteiger partial charge in [-0.2, -0.15) is 0 Å². The van der Waals surface area contributed by atoms with Crippen LogP contribution in [0.1, 0.15) is 16.7 Å². The smallest absolute Gasteiger partial charge is 0.270 e. The van der Waals surface area contributed by atoms with Crippen molar-refractivity contribution in [3.63, 3.8) is 0 Å². The third-order valence-corrected chi connectivity index (χ3v) is 3.96. The van der Waals surface area contributed by atoms with Gasteiger partial charge in [0.25, 0.3) is 6.43 Å². The molecule has 24 heavy (non-hydrogen) atoms. The topological polar surface area (TPSA) is 12.4 Å². The predicted octanol–water partition coefficient (Wildman–Crippen LogP) is 5.31. The van der Waals surface area contributed by atoms with E-state index in [0.29, 0.717) is 0 Å². The summed E-state index contributed by atoms with van der Waals surface area (Å²) in [4.78, 5) is 4.39. The highest BCUT2D eigenvalue weighted by molar-refractivity contribution is 5.65. The van der Waals surface area contributed by atoms with Gasteiger partial charge in [-0.15, -0.1) is 0 Å². The lowest BCUT2D eigenvalue weighted by Crippen LogP contribution is -2.27. The van der Waals surface area contributed by atoms with Crippen LogP contribution in [0.2, 0.25) is 0 Å². The van der Waals surface area contributed by atoms with Gasteiger partial charge in [-0.05, 0) is 16.7 Å². The van der Waals surface area contributed by atoms with Gasteiger partial charge < -0.3 is 0 Å². The number of halogens is 2. The molecule has 0 aromatic heterocycles. The van der Waals surface area contributed by atoms with Crippen molar-refractivity contribution >= 4 is 6.21 Å². The zero-order chi connectivity index (χ0) is 16.8. The maximum atomic E-state index is 13.0. The van der Waals surface area contributed by atoms with E-state index in [-0.39, 0.29) is 0 Å². The zero-order valence-electron chi connectivity index (χ0n) is 13.0. The maximum Gasteiger partial charge on any atom is 0.273 e. The van der Waals surface area contributed by atoms with E-state index in [1.165, 1.54) is 0 Å². The van der Waals surface area contributed by atoms with Crippen molar-refractivity contribution < 1.29 is 8.78 Å². The van der Waals surface area contributed by atoms with Crippen molar-refractivity contribution in [2.45, 2.75) is 12.0 Å². The summed E-state index contributed by atoms with van der Waals surface area (Å²) in [6.45, 7) is 0. The fraction of sp³-hybridized carbons (Fsp3) is 0.0952. The SMILES string of the molecule is FC(F)C=NC(c1ccccc1)(c1ccccc1)c1ccccc1. The molecule has 0 saturated heterocycles. The summed E-state index contributed by atoms with van der Waals surface area (Å²) in [5.41, 5.74) is 1.54. The zero-order valence-corrected chi connectivity index (χ0v) is 13.0. The lowest BCUT2D eigenvalue weighted by Gasteiger charge is -2.32. The first-order valence-electron chi connectivity index (χ1n) is 7.73. The molecule has 0 spiro atoms. The summed E-state index contributed by atoms with van der Waals surface area (Å²) in [5, 5.41) is 0. The Labute approximate surface area is 140 Å². The quantitative estimate of drug-likeness (QED) is 0.446. The molecule has 0 heterocycles. The van der Waals surface area contributed by atoms with Gasteiger partial charge in [0.2, 0.25) is 0 Å². The van der Waals surface area contributed by atoms with E-state index < -0.39 is 12.0 Å². The van der Waals surface area contributed by atoms with Crippen LogP contribution in [-0.4, -0.2) is 12.6 Å². The first kappa shape index (κ1) is 16.1. The molecular weight excluding hydrogens is 304 g/mol. The second-order valence-corrected chi connectivity index (χ2v) is 5.42. The third-order valence-electron chi connectivity index (χ3n) is 3.96. The highest BCUT2D eigenvalue weighted by Crippen LogP contribution is 2.40. The number of alkyl halides is 2. The molecule has 0 bridgehead atoms. The van der Waals surface area contributed by atoms with Gasteiger partial charge in [-0.25, -0.2) is 8.78 Å². The first-order chi connectivity index (χ1) is 11.7. The molecule has 0 saturated carbocycles. The number of rotatable bonds is 5. The second-order valence-electron chi connectivity index (χ2n) is 5.42. The van der Waals surface area contributed by atoms with Gasteiger partial charge >= 0.3 is 0 Å². The van der Waals surface area contributed by atoms with E-state index >= 15 is 0 Å². The Kier molecular flexibility index (Phi) is 4.80. The standard InChI is InChI=1S/C21H17F2N/c22-20(23)16-24-21(17-10-4-1-5-11-17,18-12-6-2-7-13-18)19-14-8-3-9-15-19/h1-16,20H. The molecule has 0 fully saturated rings. The summed E-state index contributed by atoms with van der Waals surface area (Å²) in [5.74, 6) is 0. The van der Waals surface area contributed by atoms with Crippen LogP contribution in [0.25, 0.3) is 0 Å². The van der Waals surface area contributed by atoms with Crippen molar-refractivity contribution in [2.24, 2.45) is 4.99 Å². The van der Waals surface area contributed by atoms with Crippen LogP contribution >= 0.6 is 0 Å². The molecule has 1 nitrogen and oxygen atoms in total. The summed E-state index contributed by atoms with van der Waals surface area (Å²) in [6.07, 6.45) is -1.88. The molecule has 3 aromatic rings. The Hall–Kier alpha value is -2.81. The molecule has 0 radical (unpaired) electrons. The number of hydrogen-bond donors (Lipinski definition) is 0. The van der Waals surface area contributed by atoms with Crippen LogP contribution in [0.5, 0.6) is 0 Å². The van der Waals surface area contributed by atoms with Gasteiger partial charge in [0, 0.05) is 0 Å². The van der Waals surface area contributed by atoms with Crippen molar-refractivity contribution in [3.8, 4) is 0 Å². The molecule has 120 valence electrons. The minimum atomic E-state index is -2.61. The normalized spacial score (nSPS) is 12.0. The van der Waals surface area contributed by atoms with E-state index in [9.17, 15) is 8.78 Å². The Balaban J connectivity index is 2.33. The average molecular weight is 321 g/mol. The minimum Gasteiger partial charge on any atom is -0.270 e. The second kappa shape index (κ2) is 7.18. The van der Waals surface area contributed by atoms with E-state index in [2.05, 4.69) is 4.99 Å². The van der Waals surface area contributed by atoms with E-state index in [0.717, 1.165) is 22.9 Å². The molecule has 0 amide bonds. The predicted molar refractivity (Wildman–Crippen MR) is 93.7 cm³/mol. The van der Waals surface area contributed by atoms with E-state index in [4.69, 9.17) is 0 Å². The van der Waals surface area contributed by atoms with Crippen LogP contribution < -0.4 is 0 Å². The van der Waals surface area contributed by atoms with Crippen LogP contribution in [-0.2, 0) is 5.54 Å². The van der Waals surface area contributed by atoms with Gasteiger partial charge in [0.1, 0.15) is 5.54 Å². The molecule has 3 aromatic carbocycles. The van der Waals surface area contributed by atoms with Gasteiger partial charge in [-0.3, -0.25) is 4.99 Å². The molecule has 0 aliphatic carbocycles. The summed E-state index contributed by atoms with van der Waals surface area (Å²) in [7, 11) is 0. The highest BCUT2D eigenvalue weighted by Gasteiger charge is 2.35. The van der Waals surface area contributed by atoms with E-state index in [1.807, 2.05) is 91.0 Å². The molecule has 0 unspecified atom stereocenters. The van der Waals surface area contributed by atoms with Crippen LogP contribution in [0.3, 0.4) is 0 Å². The number of hydrogen-bond acceptors (Lipinski definition) is 1. The molecule has 0 aliphatic heterocycles. The lowest BCUT2D eigenvalue weighted by molar-refractivity contribution is 0.230. The Morgan fingerprint density at radius 2 is 0.958 bits per heavy atom. The molecule has 0 atom stereocenters. The molecular formula is C21H17F2N. The molecule has 3 rings (SSSR count).